The second-order valence-corrected chi connectivity index (χ2v) is 7.17. The Balaban J connectivity index is 1.67. The number of carbonyl (C=O) groups is 1. The van der Waals surface area contributed by atoms with Crippen molar-refractivity contribution in [1.29, 1.82) is 0 Å². The summed E-state index contributed by atoms with van der Waals surface area (Å²) in [7, 11) is 0. The molecule has 6 nitrogen and oxygen atoms in total. The SMILES string of the molecule is Cc1cc(C)c(NC(=O)[C@@H](C)Sc2nnc(-c3ccco3)o2)c(C)c1. The molecule has 3 aromatic rings. The summed E-state index contributed by atoms with van der Waals surface area (Å²) in [4.78, 5) is 12.5. The van der Waals surface area contributed by atoms with Crippen LogP contribution in [-0.4, -0.2) is 21.4 Å². The molecule has 0 aliphatic carbocycles. The molecular weight excluding hydrogens is 338 g/mol. The largest absolute Gasteiger partial charge is 0.459 e. The zero-order valence-electron chi connectivity index (χ0n) is 14.5. The molecule has 2 aromatic heterocycles. The molecule has 0 saturated carbocycles. The highest BCUT2D eigenvalue weighted by Gasteiger charge is 2.20. The number of carbonyl (C=O) groups excluding carboxylic acids is 1. The van der Waals surface area contributed by atoms with Crippen LogP contribution < -0.4 is 5.32 Å². The van der Waals surface area contributed by atoms with E-state index in [1.54, 1.807) is 19.1 Å². The maximum Gasteiger partial charge on any atom is 0.284 e. The summed E-state index contributed by atoms with van der Waals surface area (Å²) in [6.07, 6.45) is 1.54. The third kappa shape index (κ3) is 3.93. The highest BCUT2D eigenvalue weighted by atomic mass is 32.2. The van der Waals surface area contributed by atoms with Crippen LogP contribution in [0.3, 0.4) is 0 Å². The molecule has 3 rings (SSSR count). The summed E-state index contributed by atoms with van der Waals surface area (Å²) in [5.41, 5.74) is 4.11. The molecular formula is C18H19N3O3S. The van der Waals surface area contributed by atoms with E-state index in [4.69, 9.17) is 8.83 Å². The molecule has 1 aromatic carbocycles. The van der Waals surface area contributed by atoms with E-state index in [1.807, 2.05) is 32.9 Å². The molecule has 0 unspecified atom stereocenters. The lowest BCUT2D eigenvalue weighted by molar-refractivity contribution is -0.115. The molecule has 1 N–H and O–H groups in total. The fourth-order valence-electron chi connectivity index (χ4n) is 2.56. The van der Waals surface area contributed by atoms with Crippen molar-refractivity contribution in [3.8, 4) is 11.7 Å². The fraction of sp³-hybridized carbons (Fsp3) is 0.278. The molecule has 0 fully saturated rings. The molecule has 1 atom stereocenters. The van der Waals surface area contributed by atoms with Crippen molar-refractivity contribution in [2.45, 2.75) is 38.2 Å². The molecule has 0 radical (unpaired) electrons. The Hall–Kier alpha value is -2.54. The Kier molecular flexibility index (Phi) is 4.94. The first-order chi connectivity index (χ1) is 11.9. The van der Waals surface area contributed by atoms with E-state index in [-0.39, 0.29) is 11.2 Å². The number of hydrogen-bond donors (Lipinski definition) is 1. The highest BCUT2D eigenvalue weighted by Crippen LogP contribution is 2.28. The Labute approximate surface area is 150 Å². The first-order valence-corrected chi connectivity index (χ1v) is 8.74. The number of anilines is 1. The zero-order chi connectivity index (χ0) is 18.0. The van der Waals surface area contributed by atoms with E-state index in [9.17, 15) is 4.79 Å². The van der Waals surface area contributed by atoms with Crippen LogP contribution >= 0.6 is 11.8 Å². The molecule has 0 aliphatic heterocycles. The van der Waals surface area contributed by atoms with Crippen LogP contribution in [-0.2, 0) is 4.79 Å². The number of rotatable bonds is 5. The van der Waals surface area contributed by atoms with Crippen LogP contribution in [0.5, 0.6) is 0 Å². The van der Waals surface area contributed by atoms with E-state index in [2.05, 4.69) is 15.5 Å². The number of hydrogen-bond acceptors (Lipinski definition) is 6. The van der Waals surface area contributed by atoms with E-state index in [0.717, 1.165) is 16.8 Å². The highest BCUT2D eigenvalue weighted by molar-refractivity contribution is 8.00. The van der Waals surface area contributed by atoms with E-state index in [0.29, 0.717) is 16.9 Å². The molecule has 0 bridgehead atoms. The summed E-state index contributed by atoms with van der Waals surface area (Å²) in [5, 5.41) is 10.8. The van der Waals surface area contributed by atoms with E-state index < -0.39 is 0 Å². The van der Waals surface area contributed by atoms with Crippen molar-refractivity contribution in [2.24, 2.45) is 0 Å². The van der Waals surface area contributed by atoms with Gasteiger partial charge in [0.2, 0.25) is 5.91 Å². The Morgan fingerprint density at radius 1 is 1.20 bits per heavy atom. The minimum absolute atomic E-state index is 0.113. The van der Waals surface area contributed by atoms with Gasteiger partial charge in [-0.15, -0.1) is 10.2 Å². The third-order valence-corrected chi connectivity index (χ3v) is 4.64. The zero-order valence-corrected chi connectivity index (χ0v) is 15.3. The summed E-state index contributed by atoms with van der Waals surface area (Å²) >= 11 is 1.21. The normalized spacial score (nSPS) is 12.2. The van der Waals surface area contributed by atoms with Gasteiger partial charge in [-0.2, -0.15) is 0 Å². The summed E-state index contributed by atoms with van der Waals surface area (Å²) in [5.74, 6) is 0.686. The van der Waals surface area contributed by atoms with Crippen molar-refractivity contribution in [2.75, 3.05) is 5.32 Å². The second kappa shape index (κ2) is 7.14. The van der Waals surface area contributed by atoms with Crippen LogP contribution in [0.15, 0.2) is 44.6 Å². The number of furan rings is 1. The molecule has 7 heteroatoms. The van der Waals surface area contributed by atoms with Crippen LogP contribution in [0.25, 0.3) is 11.7 Å². The van der Waals surface area contributed by atoms with Gasteiger partial charge in [0, 0.05) is 5.69 Å². The Morgan fingerprint density at radius 2 is 1.92 bits per heavy atom. The van der Waals surface area contributed by atoms with Gasteiger partial charge < -0.3 is 14.2 Å². The van der Waals surface area contributed by atoms with Gasteiger partial charge in [-0.25, -0.2) is 0 Å². The van der Waals surface area contributed by atoms with Crippen LogP contribution in [0.1, 0.15) is 23.6 Å². The molecule has 25 heavy (non-hydrogen) atoms. The van der Waals surface area contributed by atoms with E-state index in [1.165, 1.54) is 23.6 Å². The molecule has 0 spiro atoms. The first kappa shape index (κ1) is 17.3. The van der Waals surface area contributed by atoms with Gasteiger partial charge in [-0.1, -0.05) is 29.5 Å². The standard InChI is InChI=1S/C18H19N3O3S/c1-10-8-11(2)15(12(3)9-10)19-16(22)13(4)25-18-21-20-17(24-18)14-6-5-7-23-14/h5-9,13H,1-4H3,(H,19,22)/t13-/m1/s1. The van der Waals surface area contributed by atoms with Gasteiger partial charge >= 0.3 is 0 Å². The molecule has 2 heterocycles. The minimum Gasteiger partial charge on any atom is -0.459 e. The first-order valence-electron chi connectivity index (χ1n) is 7.87. The maximum atomic E-state index is 12.5. The van der Waals surface area contributed by atoms with Gasteiger partial charge in [-0.05, 0) is 51.0 Å². The molecule has 1 amide bonds. The third-order valence-electron chi connectivity index (χ3n) is 3.71. The number of amides is 1. The van der Waals surface area contributed by atoms with Crippen molar-refractivity contribution in [1.82, 2.24) is 10.2 Å². The van der Waals surface area contributed by atoms with Crippen LogP contribution in [0, 0.1) is 20.8 Å². The van der Waals surface area contributed by atoms with E-state index >= 15 is 0 Å². The maximum absolute atomic E-state index is 12.5. The van der Waals surface area contributed by atoms with Crippen molar-refractivity contribution < 1.29 is 13.6 Å². The van der Waals surface area contributed by atoms with Gasteiger partial charge in [0.1, 0.15) is 0 Å². The summed E-state index contributed by atoms with van der Waals surface area (Å²) < 4.78 is 10.7. The number of aryl methyl sites for hydroxylation is 3. The quantitative estimate of drug-likeness (QED) is 0.683. The molecule has 0 saturated heterocycles. The van der Waals surface area contributed by atoms with Gasteiger partial charge in [0.05, 0.1) is 11.5 Å². The van der Waals surface area contributed by atoms with Gasteiger partial charge in [0.25, 0.3) is 11.1 Å². The molecule has 0 aliphatic rings. The predicted octanol–water partition coefficient (Wildman–Crippen LogP) is 4.37. The molecule has 130 valence electrons. The lowest BCUT2D eigenvalue weighted by Crippen LogP contribution is -2.23. The number of nitrogens with one attached hydrogen (secondary N) is 1. The summed E-state index contributed by atoms with van der Waals surface area (Å²) in [6, 6.07) is 7.58. The smallest absolute Gasteiger partial charge is 0.284 e. The predicted molar refractivity (Wildman–Crippen MR) is 96.6 cm³/mol. The number of aromatic nitrogens is 2. The topological polar surface area (TPSA) is 81.2 Å². The van der Waals surface area contributed by atoms with Crippen molar-refractivity contribution in [3.63, 3.8) is 0 Å². The van der Waals surface area contributed by atoms with Crippen molar-refractivity contribution in [3.05, 3.63) is 47.2 Å². The fourth-order valence-corrected chi connectivity index (χ4v) is 3.25. The van der Waals surface area contributed by atoms with Crippen LogP contribution in [0.2, 0.25) is 0 Å². The van der Waals surface area contributed by atoms with Gasteiger partial charge in [0.15, 0.2) is 5.76 Å². The average Bonchev–Trinajstić information content (AvgIpc) is 3.21. The summed E-state index contributed by atoms with van der Waals surface area (Å²) in [6.45, 7) is 7.81. The number of thioether (sulfide) groups is 1. The number of nitrogens with zero attached hydrogens (tertiary/aromatic N) is 2. The Bertz CT molecular complexity index is 864. The number of benzene rings is 1. The van der Waals surface area contributed by atoms with Crippen molar-refractivity contribution >= 4 is 23.4 Å². The average molecular weight is 357 g/mol. The lowest BCUT2D eigenvalue weighted by atomic mass is 10.1. The van der Waals surface area contributed by atoms with Gasteiger partial charge in [-0.3, -0.25) is 4.79 Å². The Morgan fingerprint density at radius 3 is 2.56 bits per heavy atom. The lowest BCUT2D eigenvalue weighted by Gasteiger charge is -2.15. The minimum atomic E-state index is -0.384. The monoisotopic (exact) mass is 357 g/mol. The second-order valence-electron chi connectivity index (χ2n) is 5.87. The van der Waals surface area contributed by atoms with Crippen LogP contribution in [0.4, 0.5) is 5.69 Å².